The Morgan fingerprint density at radius 3 is 2.67 bits per heavy atom. The molecular formula is C19H27NO4. The number of carbonyl (C=O) groups excluding carboxylic acids is 2. The van der Waals surface area contributed by atoms with Gasteiger partial charge in [0.25, 0.3) is 0 Å². The van der Waals surface area contributed by atoms with Crippen molar-refractivity contribution in [3.63, 3.8) is 0 Å². The first-order chi connectivity index (χ1) is 11.5. The van der Waals surface area contributed by atoms with Crippen LogP contribution in [0.3, 0.4) is 0 Å². The molecule has 1 rings (SSSR count). The van der Waals surface area contributed by atoms with Crippen LogP contribution in [0.5, 0.6) is 5.75 Å². The van der Waals surface area contributed by atoms with E-state index in [1.165, 1.54) is 6.08 Å². The first kappa shape index (κ1) is 19.7. The van der Waals surface area contributed by atoms with Crippen molar-refractivity contribution in [3.05, 3.63) is 35.9 Å². The largest absolute Gasteiger partial charge is 0.497 e. The molecule has 0 saturated heterocycles. The van der Waals surface area contributed by atoms with Crippen LogP contribution in [-0.4, -0.2) is 43.1 Å². The van der Waals surface area contributed by atoms with Gasteiger partial charge >= 0.3 is 5.97 Å². The summed E-state index contributed by atoms with van der Waals surface area (Å²) >= 11 is 0. The second kappa shape index (κ2) is 10.5. The van der Waals surface area contributed by atoms with Crippen molar-refractivity contribution in [2.45, 2.75) is 39.7 Å². The number of ether oxygens (including phenoxy) is 2. The molecule has 1 aromatic rings. The van der Waals surface area contributed by atoms with Gasteiger partial charge < -0.3 is 14.4 Å². The molecule has 0 spiro atoms. The van der Waals surface area contributed by atoms with Crippen LogP contribution in [0.2, 0.25) is 0 Å². The third-order valence-corrected chi connectivity index (χ3v) is 3.78. The van der Waals surface area contributed by atoms with Crippen LogP contribution in [0.25, 0.3) is 6.08 Å². The van der Waals surface area contributed by atoms with E-state index in [0.717, 1.165) is 17.7 Å². The van der Waals surface area contributed by atoms with Crippen molar-refractivity contribution in [3.8, 4) is 5.75 Å². The first-order valence-electron chi connectivity index (χ1n) is 8.30. The molecule has 1 unspecified atom stereocenters. The number of hydrogen-bond donors (Lipinski definition) is 0. The standard InChI is InChI=1S/C19H27NO4/c1-5-15(3)20(13-12-19(22)24-6-2)18(21)11-10-16-8-7-9-17(14-16)23-4/h7-11,14-15H,5-6,12-13H2,1-4H3/b11-10+. The second-order valence-corrected chi connectivity index (χ2v) is 5.45. The minimum atomic E-state index is -0.282. The molecule has 0 aliphatic heterocycles. The number of rotatable bonds is 9. The van der Waals surface area contributed by atoms with Gasteiger partial charge in [-0.25, -0.2) is 0 Å². The van der Waals surface area contributed by atoms with Gasteiger partial charge in [0, 0.05) is 18.7 Å². The third-order valence-electron chi connectivity index (χ3n) is 3.78. The fourth-order valence-electron chi connectivity index (χ4n) is 2.22. The highest BCUT2D eigenvalue weighted by atomic mass is 16.5. The molecule has 132 valence electrons. The topological polar surface area (TPSA) is 55.8 Å². The van der Waals surface area contributed by atoms with Crippen molar-refractivity contribution >= 4 is 18.0 Å². The number of amides is 1. The summed E-state index contributed by atoms with van der Waals surface area (Å²) in [7, 11) is 1.61. The number of nitrogens with zero attached hydrogens (tertiary/aromatic N) is 1. The Morgan fingerprint density at radius 2 is 2.04 bits per heavy atom. The molecule has 5 heteroatoms. The highest BCUT2D eigenvalue weighted by Crippen LogP contribution is 2.14. The van der Waals surface area contributed by atoms with Crippen molar-refractivity contribution in [2.75, 3.05) is 20.3 Å². The van der Waals surface area contributed by atoms with E-state index in [2.05, 4.69) is 0 Å². The Morgan fingerprint density at radius 1 is 1.29 bits per heavy atom. The lowest BCUT2D eigenvalue weighted by molar-refractivity contribution is -0.144. The Labute approximate surface area is 144 Å². The van der Waals surface area contributed by atoms with Crippen LogP contribution in [0.1, 0.15) is 39.2 Å². The Kier molecular flexibility index (Phi) is 8.61. The molecule has 0 aliphatic carbocycles. The highest BCUT2D eigenvalue weighted by molar-refractivity contribution is 5.92. The minimum absolute atomic E-state index is 0.0573. The minimum Gasteiger partial charge on any atom is -0.497 e. The number of methoxy groups -OCH3 is 1. The molecule has 24 heavy (non-hydrogen) atoms. The normalized spacial score (nSPS) is 12.0. The molecule has 0 bridgehead atoms. The fraction of sp³-hybridized carbons (Fsp3) is 0.474. The van der Waals surface area contributed by atoms with E-state index in [-0.39, 0.29) is 24.3 Å². The Hall–Kier alpha value is -2.30. The molecule has 5 nitrogen and oxygen atoms in total. The molecule has 0 heterocycles. The smallest absolute Gasteiger partial charge is 0.307 e. The van der Waals surface area contributed by atoms with E-state index in [1.54, 1.807) is 25.0 Å². The zero-order valence-corrected chi connectivity index (χ0v) is 15.0. The summed E-state index contributed by atoms with van der Waals surface area (Å²) in [6, 6.07) is 7.54. The summed E-state index contributed by atoms with van der Waals surface area (Å²) in [6.45, 7) is 6.47. The van der Waals surface area contributed by atoms with E-state index in [1.807, 2.05) is 38.1 Å². The van der Waals surface area contributed by atoms with Crippen LogP contribution >= 0.6 is 0 Å². The maximum atomic E-state index is 12.5. The number of benzene rings is 1. The van der Waals surface area contributed by atoms with Gasteiger partial charge in [-0.05, 0) is 44.0 Å². The van der Waals surface area contributed by atoms with Crippen molar-refractivity contribution in [2.24, 2.45) is 0 Å². The van der Waals surface area contributed by atoms with Gasteiger partial charge in [-0.15, -0.1) is 0 Å². The zero-order valence-electron chi connectivity index (χ0n) is 15.0. The van der Waals surface area contributed by atoms with Gasteiger partial charge in [-0.3, -0.25) is 9.59 Å². The third kappa shape index (κ3) is 6.44. The van der Waals surface area contributed by atoms with Crippen molar-refractivity contribution < 1.29 is 19.1 Å². The maximum absolute atomic E-state index is 12.5. The van der Waals surface area contributed by atoms with E-state index in [0.29, 0.717) is 13.2 Å². The first-order valence-corrected chi connectivity index (χ1v) is 8.30. The summed E-state index contributed by atoms with van der Waals surface area (Å²) in [5.74, 6) is 0.345. The van der Waals surface area contributed by atoms with E-state index in [4.69, 9.17) is 9.47 Å². The lowest BCUT2D eigenvalue weighted by Gasteiger charge is -2.27. The van der Waals surface area contributed by atoms with Gasteiger partial charge in [-0.1, -0.05) is 19.1 Å². The molecular weight excluding hydrogens is 306 g/mol. The van der Waals surface area contributed by atoms with E-state index in [9.17, 15) is 9.59 Å². The molecule has 0 radical (unpaired) electrons. The molecule has 1 atom stereocenters. The molecule has 0 aliphatic rings. The average molecular weight is 333 g/mol. The van der Waals surface area contributed by atoms with Gasteiger partial charge in [0.15, 0.2) is 0 Å². The lowest BCUT2D eigenvalue weighted by atomic mass is 10.1. The summed E-state index contributed by atoms with van der Waals surface area (Å²) in [5.41, 5.74) is 0.886. The summed E-state index contributed by atoms with van der Waals surface area (Å²) in [4.78, 5) is 25.7. The monoisotopic (exact) mass is 333 g/mol. The molecule has 0 aromatic heterocycles. The van der Waals surface area contributed by atoms with Gasteiger partial charge in [0.05, 0.1) is 20.1 Å². The summed E-state index contributed by atoms with van der Waals surface area (Å²) < 4.78 is 10.1. The summed E-state index contributed by atoms with van der Waals surface area (Å²) in [5, 5.41) is 0. The molecule has 0 saturated carbocycles. The molecule has 0 fully saturated rings. The predicted molar refractivity (Wildman–Crippen MR) is 94.7 cm³/mol. The molecule has 1 amide bonds. The number of hydrogen-bond acceptors (Lipinski definition) is 4. The van der Waals surface area contributed by atoms with Crippen LogP contribution in [-0.2, 0) is 14.3 Å². The SMILES string of the molecule is CCOC(=O)CCN(C(=O)/C=C/c1cccc(OC)c1)C(C)CC. The number of carbonyl (C=O) groups is 2. The quantitative estimate of drug-likeness (QED) is 0.514. The van der Waals surface area contributed by atoms with Gasteiger partial charge in [-0.2, -0.15) is 0 Å². The fourth-order valence-corrected chi connectivity index (χ4v) is 2.22. The maximum Gasteiger partial charge on any atom is 0.307 e. The molecule has 1 aromatic carbocycles. The van der Waals surface area contributed by atoms with Crippen molar-refractivity contribution in [1.82, 2.24) is 4.90 Å². The van der Waals surface area contributed by atoms with Crippen LogP contribution < -0.4 is 4.74 Å². The summed E-state index contributed by atoms with van der Waals surface area (Å²) in [6.07, 6.45) is 4.31. The van der Waals surface area contributed by atoms with Gasteiger partial charge in [0.1, 0.15) is 5.75 Å². The van der Waals surface area contributed by atoms with E-state index < -0.39 is 0 Å². The Balaban J connectivity index is 2.76. The van der Waals surface area contributed by atoms with Crippen LogP contribution in [0, 0.1) is 0 Å². The number of esters is 1. The highest BCUT2D eigenvalue weighted by Gasteiger charge is 2.18. The predicted octanol–water partition coefficient (Wildman–Crippen LogP) is 3.29. The lowest BCUT2D eigenvalue weighted by Crippen LogP contribution is -2.38. The van der Waals surface area contributed by atoms with Crippen LogP contribution in [0.15, 0.2) is 30.3 Å². The molecule has 0 N–H and O–H groups in total. The second-order valence-electron chi connectivity index (χ2n) is 5.45. The van der Waals surface area contributed by atoms with Crippen molar-refractivity contribution in [1.29, 1.82) is 0 Å². The zero-order chi connectivity index (χ0) is 17.9. The van der Waals surface area contributed by atoms with E-state index >= 15 is 0 Å². The van der Waals surface area contributed by atoms with Gasteiger partial charge in [0.2, 0.25) is 5.91 Å². The average Bonchev–Trinajstić information content (AvgIpc) is 2.60. The Bertz CT molecular complexity index is 568. The van der Waals surface area contributed by atoms with Crippen LogP contribution in [0.4, 0.5) is 0 Å².